The predicted octanol–water partition coefficient (Wildman–Crippen LogP) is 3.17. The molecule has 0 amide bonds. The smallest absolute Gasteiger partial charge is 0.248 e. The van der Waals surface area contributed by atoms with Gasteiger partial charge in [-0.05, 0) is 42.5 Å². The van der Waals surface area contributed by atoms with Crippen molar-refractivity contribution in [3.05, 3.63) is 74.8 Å². The van der Waals surface area contributed by atoms with E-state index in [0.29, 0.717) is 35.4 Å². The molecule has 0 bridgehead atoms. The normalized spacial score (nSPS) is 16.0. The molecule has 2 aromatic heterocycles. The molecule has 0 spiro atoms. The van der Waals surface area contributed by atoms with Gasteiger partial charge >= 0.3 is 0 Å². The molecule has 0 fully saturated rings. The maximum atomic E-state index is 14.4. The molecular formula is C21H18F2N4O2. The van der Waals surface area contributed by atoms with Crippen LogP contribution in [0.4, 0.5) is 14.7 Å². The van der Waals surface area contributed by atoms with Gasteiger partial charge in [-0.2, -0.15) is 0 Å². The van der Waals surface area contributed by atoms with Crippen LogP contribution in [0.1, 0.15) is 46.6 Å². The summed E-state index contributed by atoms with van der Waals surface area (Å²) in [6.07, 6.45) is 1.06. The molecule has 1 aromatic carbocycles. The van der Waals surface area contributed by atoms with E-state index >= 15 is 0 Å². The highest BCUT2D eigenvalue weighted by Crippen LogP contribution is 2.38. The first-order chi connectivity index (χ1) is 13.9. The average molecular weight is 396 g/mol. The highest BCUT2D eigenvalue weighted by atomic mass is 19.1. The molecule has 0 saturated heterocycles. The number of benzene rings is 1. The summed E-state index contributed by atoms with van der Waals surface area (Å²) in [6.45, 7) is 1.88. The van der Waals surface area contributed by atoms with Gasteiger partial charge in [-0.25, -0.2) is 18.7 Å². The van der Waals surface area contributed by atoms with Crippen LogP contribution in [0.3, 0.4) is 0 Å². The molecule has 8 heteroatoms. The molecule has 0 aliphatic heterocycles. The van der Waals surface area contributed by atoms with Crippen LogP contribution in [-0.4, -0.2) is 20.7 Å². The van der Waals surface area contributed by atoms with Crippen LogP contribution in [0.25, 0.3) is 11.3 Å². The number of aryl methyl sites for hydroxylation is 1. The number of nitrogens with one attached hydrogen (secondary N) is 1. The van der Waals surface area contributed by atoms with Gasteiger partial charge < -0.3 is 10.7 Å². The molecule has 4 rings (SSSR count). The molecule has 148 valence electrons. The molecule has 0 saturated carbocycles. The van der Waals surface area contributed by atoms with Crippen molar-refractivity contribution < 1.29 is 13.6 Å². The van der Waals surface area contributed by atoms with E-state index in [1.165, 1.54) is 12.1 Å². The van der Waals surface area contributed by atoms with Gasteiger partial charge in [-0.15, -0.1) is 0 Å². The number of rotatable bonds is 3. The first-order valence-corrected chi connectivity index (χ1v) is 9.24. The lowest BCUT2D eigenvalue weighted by Gasteiger charge is -2.26. The van der Waals surface area contributed by atoms with E-state index < -0.39 is 17.2 Å². The number of fused-ring (bicyclic) bond motifs is 1. The van der Waals surface area contributed by atoms with E-state index in [-0.39, 0.29) is 35.3 Å². The van der Waals surface area contributed by atoms with Crippen molar-refractivity contribution in [1.29, 1.82) is 0 Å². The van der Waals surface area contributed by atoms with Gasteiger partial charge in [0.15, 0.2) is 5.78 Å². The molecule has 3 N–H and O–H groups in total. The number of anilines is 1. The van der Waals surface area contributed by atoms with Gasteiger partial charge in [0.2, 0.25) is 11.5 Å². The van der Waals surface area contributed by atoms with Crippen molar-refractivity contribution in [2.75, 3.05) is 5.73 Å². The molecule has 29 heavy (non-hydrogen) atoms. The molecule has 1 aliphatic carbocycles. The molecule has 1 aliphatic rings. The van der Waals surface area contributed by atoms with Crippen LogP contribution in [0, 0.1) is 11.6 Å². The van der Waals surface area contributed by atoms with Gasteiger partial charge in [0.1, 0.15) is 11.6 Å². The minimum atomic E-state index is -0.682. The topological polar surface area (TPSA) is 102 Å². The van der Waals surface area contributed by atoms with Crippen molar-refractivity contribution in [1.82, 2.24) is 15.0 Å². The molecule has 1 unspecified atom stereocenters. The molecule has 6 nitrogen and oxygen atoms in total. The number of H-pyrrole nitrogens is 1. The lowest BCUT2D eigenvalue weighted by Crippen LogP contribution is -2.24. The van der Waals surface area contributed by atoms with Gasteiger partial charge in [0.25, 0.3) is 0 Å². The number of carbonyl (C=O) groups is 1. The monoisotopic (exact) mass is 396 g/mol. The van der Waals surface area contributed by atoms with Gasteiger partial charge in [-0.1, -0.05) is 13.0 Å². The Bertz CT molecular complexity index is 1190. The van der Waals surface area contributed by atoms with Gasteiger partial charge in [0.05, 0.1) is 22.6 Å². The number of aromatic nitrogens is 3. The number of carbonyl (C=O) groups excluding carboxylic acids is 1. The number of nitrogens with zero attached hydrogens (tertiary/aromatic N) is 2. The predicted molar refractivity (Wildman–Crippen MR) is 104 cm³/mol. The number of halogens is 2. The maximum absolute atomic E-state index is 14.4. The lowest BCUT2D eigenvalue weighted by molar-refractivity contribution is 0.0961. The van der Waals surface area contributed by atoms with E-state index in [1.54, 1.807) is 0 Å². The summed E-state index contributed by atoms with van der Waals surface area (Å²) in [7, 11) is 0. The maximum Gasteiger partial charge on any atom is 0.248 e. The van der Waals surface area contributed by atoms with Crippen LogP contribution in [0.2, 0.25) is 0 Å². The SMILES string of the molecule is CCc1nc(N)nc2c1C(=O)CC(c1ccc(F)cc1-c1[nH]c(=O)ccc1F)C2. The van der Waals surface area contributed by atoms with Crippen LogP contribution < -0.4 is 11.3 Å². The Morgan fingerprint density at radius 3 is 2.69 bits per heavy atom. The fourth-order valence-corrected chi connectivity index (χ4v) is 3.91. The second kappa shape index (κ2) is 7.20. The first kappa shape index (κ1) is 18.9. The minimum absolute atomic E-state index is 0.0896. The summed E-state index contributed by atoms with van der Waals surface area (Å²) in [5, 5.41) is 0. The summed E-state index contributed by atoms with van der Waals surface area (Å²) in [5.41, 5.74) is 7.57. The lowest BCUT2D eigenvalue weighted by atomic mass is 9.79. The Morgan fingerprint density at radius 2 is 1.93 bits per heavy atom. The fourth-order valence-electron chi connectivity index (χ4n) is 3.91. The second-order valence-corrected chi connectivity index (χ2v) is 7.01. The zero-order valence-electron chi connectivity index (χ0n) is 15.6. The largest absolute Gasteiger partial charge is 0.368 e. The van der Waals surface area contributed by atoms with Crippen molar-refractivity contribution in [2.45, 2.75) is 32.1 Å². The van der Waals surface area contributed by atoms with Crippen molar-refractivity contribution >= 4 is 11.7 Å². The number of ketones is 1. The van der Waals surface area contributed by atoms with Crippen molar-refractivity contribution in [3.8, 4) is 11.3 Å². The number of pyridine rings is 1. The summed E-state index contributed by atoms with van der Waals surface area (Å²) in [6, 6.07) is 6.03. The highest BCUT2D eigenvalue weighted by molar-refractivity contribution is 6.00. The summed E-state index contributed by atoms with van der Waals surface area (Å²) < 4.78 is 28.4. The van der Waals surface area contributed by atoms with Gasteiger partial charge in [0, 0.05) is 18.1 Å². The van der Waals surface area contributed by atoms with E-state index in [9.17, 15) is 18.4 Å². The molecule has 2 heterocycles. The van der Waals surface area contributed by atoms with Crippen LogP contribution in [-0.2, 0) is 12.8 Å². The second-order valence-electron chi connectivity index (χ2n) is 7.01. The average Bonchev–Trinajstić information content (AvgIpc) is 2.68. The van der Waals surface area contributed by atoms with E-state index in [2.05, 4.69) is 15.0 Å². The number of hydrogen-bond donors (Lipinski definition) is 2. The number of Topliss-reactive ketones (excluding diaryl/α,β-unsaturated/α-hetero) is 1. The molecule has 0 radical (unpaired) electrons. The number of aromatic amines is 1. The van der Waals surface area contributed by atoms with E-state index in [4.69, 9.17) is 5.73 Å². The molecule has 1 atom stereocenters. The molecule has 3 aromatic rings. The number of nitrogen functional groups attached to an aromatic ring is 1. The van der Waals surface area contributed by atoms with Crippen LogP contribution in [0.15, 0.2) is 35.1 Å². The zero-order chi connectivity index (χ0) is 20.7. The minimum Gasteiger partial charge on any atom is -0.368 e. The summed E-state index contributed by atoms with van der Waals surface area (Å²) in [4.78, 5) is 35.4. The Balaban J connectivity index is 1.85. The fraction of sp³-hybridized carbons (Fsp3) is 0.238. The number of nitrogens with two attached hydrogens (primary N) is 1. The third kappa shape index (κ3) is 3.41. The van der Waals surface area contributed by atoms with Crippen molar-refractivity contribution in [3.63, 3.8) is 0 Å². The standard InChI is InChI=1S/C21H18F2N4O2/c1-2-15-19-16(26-21(24)25-15)7-10(8-17(19)28)12-4-3-11(22)9-13(12)20-14(23)5-6-18(29)27-20/h3-6,9-10H,2,7-8H2,1H3,(H,27,29)(H2,24,25,26). The Kier molecular flexibility index (Phi) is 4.70. The van der Waals surface area contributed by atoms with Crippen LogP contribution >= 0.6 is 0 Å². The highest BCUT2D eigenvalue weighted by Gasteiger charge is 2.32. The Morgan fingerprint density at radius 1 is 1.14 bits per heavy atom. The Hall–Kier alpha value is -3.42. The quantitative estimate of drug-likeness (QED) is 0.708. The van der Waals surface area contributed by atoms with E-state index in [1.807, 2.05) is 6.92 Å². The third-order valence-electron chi connectivity index (χ3n) is 5.15. The van der Waals surface area contributed by atoms with Crippen LogP contribution in [0.5, 0.6) is 0 Å². The Labute approximate surface area is 164 Å². The summed E-state index contributed by atoms with van der Waals surface area (Å²) >= 11 is 0. The number of hydrogen-bond acceptors (Lipinski definition) is 5. The molecular weight excluding hydrogens is 378 g/mol. The van der Waals surface area contributed by atoms with Gasteiger partial charge in [-0.3, -0.25) is 9.59 Å². The summed E-state index contributed by atoms with van der Waals surface area (Å²) in [5.74, 6) is -1.67. The first-order valence-electron chi connectivity index (χ1n) is 9.24. The van der Waals surface area contributed by atoms with Crippen molar-refractivity contribution in [2.24, 2.45) is 0 Å². The van der Waals surface area contributed by atoms with E-state index in [0.717, 1.165) is 18.2 Å². The zero-order valence-corrected chi connectivity index (χ0v) is 15.6. The third-order valence-corrected chi connectivity index (χ3v) is 5.15.